The molecule has 3 aromatic rings. The monoisotopic (exact) mass is 505 g/mol. The first-order valence-corrected chi connectivity index (χ1v) is 11.8. The van der Waals surface area contributed by atoms with Crippen LogP contribution >= 0.6 is 58.5 Å². The van der Waals surface area contributed by atoms with Crippen molar-refractivity contribution in [2.75, 3.05) is 11.9 Å². The number of carbonyl (C=O) groups excluding carboxylic acids is 2. The molecule has 1 aromatic heterocycles. The standard InChI is InChI=1S/C21H13Cl2N3O2S3/c22-14-7-6-13(15(23)9-14)8-17-19(28)26(21(29)31-17)10-18(27)25-20-24-16(11-30-20)12-4-2-1-3-5-12/h1-9,11H,10H2,(H,24,25,27)/b17-8-. The lowest BCUT2D eigenvalue weighted by Gasteiger charge is -2.13. The summed E-state index contributed by atoms with van der Waals surface area (Å²) in [6.45, 7) is -0.198. The summed E-state index contributed by atoms with van der Waals surface area (Å²) in [7, 11) is 0. The van der Waals surface area contributed by atoms with Crippen molar-refractivity contribution in [3.63, 3.8) is 0 Å². The number of carbonyl (C=O) groups is 2. The Hall–Kier alpha value is -2.23. The van der Waals surface area contributed by atoms with Gasteiger partial charge in [0.2, 0.25) is 5.91 Å². The summed E-state index contributed by atoms with van der Waals surface area (Å²) in [5.74, 6) is -0.726. The molecule has 0 atom stereocenters. The summed E-state index contributed by atoms with van der Waals surface area (Å²) in [6, 6.07) is 14.7. The van der Waals surface area contributed by atoms with Crippen LogP contribution in [0.3, 0.4) is 0 Å². The van der Waals surface area contributed by atoms with Gasteiger partial charge in [-0.1, -0.05) is 83.6 Å². The van der Waals surface area contributed by atoms with Crippen LogP contribution in [-0.2, 0) is 9.59 Å². The van der Waals surface area contributed by atoms with Crippen molar-refractivity contribution >= 4 is 85.9 Å². The molecule has 4 rings (SSSR count). The number of amides is 2. The second-order valence-electron chi connectivity index (χ2n) is 6.39. The number of hydrogen-bond donors (Lipinski definition) is 1. The predicted molar refractivity (Wildman–Crippen MR) is 133 cm³/mol. The van der Waals surface area contributed by atoms with Crippen LogP contribution in [0.2, 0.25) is 10.0 Å². The van der Waals surface area contributed by atoms with Crippen molar-refractivity contribution in [3.05, 3.63) is 74.4 Å². The maximum absolute atomic E-state index is 12.8. The van der Waals surface area contributed by atoms with Crippen LogP contribution in [0.15, 0.2) is 58.8 Å². The van der Waals surface area contributed by atoms with Gasteiger partial charge < -0.3 is 5.32 Å². The number of aromatic nitrogens is 1. The number of hydrogen-bond acceptors (Lipinski definition) is 6. The second-order valence-corrected chi connectivity index (χ2v) is 9.76. The van der Waals surface area contributed by atoms with E-state index in [9.17, 15) is 9.59 Å². The molecule has 0 unspecified atom stereocenters. The number of thioether (sulfide) groups is 1. The predicted octanol–water partition coefficient (Wildman–Crippen LogP) is 5.96. The number of thiocarbonyl (C=S) groups is 1. The van der Waals surface area contributed by atoms with Crippen molar-refractivity contribution < 1.29 is 9.59 Å². The van der Waals surface area contributed by atoms with E-state index in [1.807, 2.05) is 35.7 Å². The van der Waals surface area contributed by atoms with Crippen LogP contribution in [0.1, 0.15) is 5.56 Å². The van der Waals surface area contributed by atoms with Gasteiger partial charge in [0.1, 0.15) is 10.9 Å². The number of thiazole rings is 1. The topological polar surface area (TPSA) is 62.3 Å². The van der Waals surface area contributed by atoms with Gasteiger partial charge in [0, 0.05) is 21.0 Å². The largest absolute Gasteiger partial charge is 0.300 e. The normalized spacial score (nSPS) is 15.0. The average Bonchev–Trinajstić information content (AvgIpc) is 3.31. The number of anilines is 1. The Bertz CT molecular complexity index is 1210. The minimum absolute atomic E-state index is 0.198. The number of nitrogens with zero attached hydrogens (tertiary/aromatic N) is 2. The lowest BCUT2D eigenvalue weighted by molar-refractivity contribution is -0.126. The highest BCUT2D eigenvalue weighted by Gasteiger charge is 2.33. The third-order valence-corrected chi connectivity index (χ3v) is 6.94. The van der Waals surface area contributed by atoms with Gasteiger partial charge >= 0.3 is 0 Å². The van der Waals surface area contributed by atoms with Crippen LogP contribution in [0, 0.1) is 0 Å². The van der Waals surface area contributed by atoms with E-state index < -0.39 is 0 Å². The third kappa shape index (κ3) is 5.16. The van der Waals surface area contributed by atoms with Crippen molar-refractivity contribution in [3.8, 4) is 11.3 Å². The van der Waals surface area contributed by atoms with Gasteiger partial charge in [-0.3, -0.25) is 14.5 Å². The molecule has 156 valence electrons. The van der Waals surface area contributed by atoms with E-state index in [2.05, 4.69) is 10.3 Å². The van der Waals surface area contributed by atoms with Crippen molar-refractivity contribution in [1.29, 1.82) is 0 Å². The van der Waals surface area contributed by atoms with Crippen LogP contribution < -0.4 is 5.32 Å². The highest BCUT2D eigenvalue weighted by atomic mass is 35.5. The van der Waals surface area contributed by atoms with Crippen molar-refractivity contribution in [2.45, 2.75) is 0 Å². The minimum atomic E-state index is -0.379. The van der Waals surface area contributed by atoms with E-state index in [1.165, 1.54) is 16.2 Å². The molecule has 1 saturated heterocycles. The quantitative estimate of drug-likeness (QED) is 0.342. The average molecular weight is 506 g/mol. The molecule has 10 heteroatoms. The van der Waals surface area contributed by atoms with E-state index in [1.54, 1.807) is 24.3 Å². The second kappa shape index (κ2) is 9.50. The van der Waals surface area contributed by atoms with E-state index in [0.29, 0.717) is 30.0 Å². The maximum atomic E-state index is 12.8. The molecule has 0 aliphatic carbocycles. The van der Waals surface area contributed by atoms with E-state index in [0.717, 1.165) is 23.0 Å². The molecule has 0 spiro atoms. The first kappa shape index (κ1) is 22.0. The summed E-state index contributed by atoms with van der Waals surface area (Å²) in [4.78, 5) is 31.3. The molecule has 1 aliphatic rings. The highest BCUT2D eigenvalue weighted by molar-refractivity contribution is 8.26. The van der Waals surface area contributed by atoms with Crippen LogP contribution in [0.25, 0.3) is 17.3 Å². The Morgan fingerprint density at radius 3 is 2.71 bits per heavy atom. The van der Waals surface area contributed by atoms with Gasteiger partial charge in [-0.05, 0) is 23.8 Å². The highest BCUT2D eigenvalue weighted by Crippen LogP contribution is 2.34. The molecule has 1 N–H and O–H groups in total. The number of halogens is 2. The fourth-order valence-corrected chi connectivity index (χ4v) is 5.22. The van der Waals surface area contributed by atoms with E-state index in [-0.39, 0.29) is 18.4 Å². The molecule has 2 aromatic carbocycles. The van der Waals surface area contributed by atoms with E-state index in [4.69, 9.17) is 35.4 Å². The summed E-state index contributed by atoms with van der Waals surface area (Å²) in [6.07, 6.45) is 1.64. The summed E-state index contributed by atoms with van der Waals surface area (Å²) in [5, 5.41) is 5.98. The summed E-state index contributed by atoms with van der Waals surface area (Å²) in [5.41, 5.74) is 2.38. The SMILES string of the molecule is O=C(CN1C(=O)/C(=C/c2ccc(Cl)cc2Cl)SC1=S)Nc1nc(-c2ccccc2)cs1. The Balaban J connectivity index is 1.43. The van der Waals surface area contributed by atoms with Crippen LogP contribution in [-0.4, -0.2) is 32.6 Å². The van der Waals surface area contributed by atoms with Gasteiger partial charge in [-0.25, -0.2) is 4.98 Å². The fraction of sp³-hybridized carbons (Fsp3) is 0.0476. The van der Waals surface area contributed by atoms with Gasteiger partial charge in [-0.2, -0.15) is 0 Å². The summed E-state index contributed by atoms with van der Waals surface area (Å²) >= 11 is 19.8. The van der Waals surface area contributed by atoms with Gasteiger partial charge in [0.15, 0.2) is 5.13 Å². The zero-order chi connectivity index (χ0) is 22.0. The molecule has 1 fully saturated rings. The Morgan fingerprint density at radius 2 is 1.97 bits per heavy atom. The molecule has 2 amide bonds. The Labute approximate surface area is 202 Å². The van der Waals surface area contributed by atoms with Crippen molar-refractivity contribution in [2.24, 2.45) is 0 Å². The zero-order valence-electron chi connectivity index (χ0n) is 15.7. The first-order chi connectivity index (χ1) is 14.9. The lowest BCUT2D eigenvalue weighted by Crippen LogP contribution is -2.36. The molecular weight excluding hydrogens is 493 g/mol. The minimum Gasteiger partial charge on any atom is -0.300 e. The zero-order valence-corrected chi connectivity index (χ0v) is 19.6. The summed E-state index contributed by atoms with van der Waals surface area (Å²) < 4.78 is 0.306. The molecule has 0 radical (unpaired) electrons. The molecule has 31 heavy (non-hydrogen) atoms. The molecular formula is C21H13Cl2N3O2S3. The van der Waals surface area contributed by atoms with Gasteiger partial charge in [0.25, 0.3) is 5.91 Å². The Morgan fingerprint density at radius 1 is 1.19 bits per heavy atom. The van der Waals surface area contributed by atoms with Crippen LogP contribution in [0.5, 0.6) is 0 Å². The lowest BCUT2D eigenvalue weighted by atomic mass is 10.2. The van der Waals surface area contributed by atoms with E-state index >= 15 is 0 Å². The number of nitrogens with one attached hydrogen (secondary N) is 1. The smallest absolute Gasteiger partial charge is 0.266 e. The fourth-order valence-electron chi connectivity index (χ4n) is 2.77. The van der Waals surface area contributed by atoms with Gasteiger partial charge in [-0.15, -0.1) is 11.3 Å². The first-order valence-electron chi connectivity index (χ1n) is 8.92. The molecule has 1 aliphatic heterocycles. The Kier molecular flexibility index (Phi) is 6.74. The van der Waals surface area contributed by atoms with Gasteiger partial charge in [0.05, 0.1) is 10.6 Å². The maximum Gasteiger partial charge on any atom is 0.266 e. The van der Waals surface area contributed by atoms with Crippen molar-refractivity contribution in [1.82, 2.24) is 9.88 Å². The molecule has 0 bridgehead atoms. The molecule has 0 saturated carbocycles. The number of benzene rings is 2. The van der Waals surface area contributed by atoms with Crippen LogP contribution in [0.4, 0.5) is 5.13 Å². The number of rotatable bonds is 5. The molecule has 2 heterocycles. The molecule has 5 nitrogen and oxygen atoms in total. The third-order valence-electron chi connectivity index (χ3n) is 4.24.